The first-order valence-corrected chi connectivity index (χ1v) is 11.3. The second kappa shape index (κ2) is 10.7. The van der Waals surface area contributed by atoms with Crippen molar-refractivity contribution in [3.8, 4) is 0 Å². The number of hydrogen-bond donors (Lipinski definition) is 0. The molecule has 17 heteroatoms. The van der Waals surface area contributed by atoms with Crippen molar-refractivity contribution in [2.75, 3.05) is 19.8 Å². The third-order valence-corrected chi connectivity index (χ3v) is 8.54. The topological polar surface area (TPSA) is 27.7 Å². The molecule has 0 aliphatic carbocycles. The van der Waals surface area contributed by atoms with Crippen LogP contribution in [-0.2, 0) is 27.7 Å². The molecular formula is C14H19F13O3Ti. The summed E-state index contributed by atoms with van der Waals surface area (Å²) in [7, 11) is 0. The molecule has 0 rings (SSSR count). The van der Waals surface area contributed by atoms with Crippen LogP contribution in [0.15, 0.2) is 0 Å². The first-order chi connectivity index (χ1) is 13.9. The van der Waals surface area contributed by atoms with E-state index in [1.165, 1.54) is 0 Å². The average Bonchev–Trinajstić information content (AvgIpc) is 2.65. The van der Waals surface area contributed by atoms with Gasteiger partial charge < -0.3 is 0 Å². The van der Waals surface area contributed by atoms with Crippen molar-refractivity contribution >= 4 is 0 Å². The summed E-state index contributed by atoms with van der Waals surface area (Å²) in [6.45, 7) is 0.965. The summed E-state index contributed by atoms with van der Waals surface area (Å²) in [5.41, 5.74) is 0. The Morgan fingerprint density at radius 2 is 0.935 bits per heavy atom. The van der Waals surface area contributed by atoms with E-state index < -0.39 is 84.5 Å². The Kier molecular flexibility index (Phi) is 10.6. The fourth-order valence-electron chi connectivity index (χ4n) is 2.25. The van der Waals surface area contributed by atoms with Crippen molar-refractivity contribution < 1.29 is 84.8 Å². The molecule has 0 aromatic heterocycles. The molecule has 3 unspecified atom stereocenters. The SMILES string of the molecule is CC[O][Ti]([O]CC)([O]CC)[CH](F)C(F)(F)C(F)(F)C(F)(F)C(F)(F)C(F)C(F)C(F)F. The van der Waals surface area contributed by atoms with E-state index in [0.29, 0.717) is 0 Å². The third-order valence-electron chi connectivity index (χ3n) is 3.76. The second-order valence-electron chi connectivity index (χ2n) is 5.84. The van der Waals surface area contributed by atoms with E-state index in [2.05, 4.69) is 9.96 Å². The van der Waals surface area contributed by atoms with E-state index in [0.717, 1.165) is 20.8 Å². The summed E-state index contributed by atoms with van der Waals surface area (Å²) in [4.78, 5) is 0. The standard InChI is InChI=1S/C8H4F13.3C2H5O.Ti/c9-1-5(14,15)7(18,19)8(20,21)6(16,17)3(11)2(10)4(12)13;3*1-2-3;/h1-4H;3*2H2,1H3;/q;3*-1;+3. The molecule has 3 atom stereocenters. The molecule has 0 heterocycles. The molecule has 0 bridgehead atoms. The summed E-state index contributed by atoms with van der Waals surface area (Å²) < 4.78 is 185. The maximum absolute atomic E-state index is 14.6. The van der Waals surface area contributed by atoms with E-state index in [1.807, 2.05) is 0 Å². The van der Waals surface area contributed by atoms with Gasteiger partial charge in [0.1, 0.15) is 0 Å². The van der Waals surface area contributed by atoms with Crippen LogP contribution in [0.5, 0.6) is 0 Å². The average molecular weight is 530 g/mol. The van der Waals surface area contributed by atoms with Crippen LogP contribution in [-0.4, -0.2) is 66.8 Å². The van der Waals surface area contributed by atoms with Crippen molar-refractivity contribution in [1.29, 1.82) is 0 Å². The maximum atomic E-state index is 14.6. The van der Waals surface area contributed by atoms with Crippen molar-refractivity contribution in [3.63, 3.8) is 0 Å². The molecule has 188 valence electrons. The normalized spacial score (nSPS) is 17.7. The Labute approximate surface area is 173 Å². The first kappa shape index (κ1) is 30.7. The predicted octanol–water partition coefficient (Wildman–Crippen LogP) is 5.77. The summed E-state index contributed by atoms with van der Waals surface area (Å²) in [6.07, 6.45) is -14.8. The summed E-state index contributed by atoms with van der Waals surface area (Å²) >= 11 is -6.25. The molecule has 0 fully saturated rings. The van der Waals surface area contributed by atoms with Gasteiger partial charge in [-0.3, -0.25) is 0 Å². The Balaban J connectivity index is 6.45. The molecule has 0 saturated carbocycles. The molecule has 0 saturated heterocycles. The van der Waals surface area contributed by atoms with Crippen LogP contribution < -0.4 is 0 Å². The van der Waals surface area contributed by atoms with Crippen molar-refractivity contribution in [3.05, 3.63) is 0 Å². The zero-order valence-corrected chi connectivity index (χ0v) is 17.6. The third kappa shape index (κ3) is 5.44. The minimum absolute atomic E-state index is 0.709. The van der Waals surface area contributed by atoms with Gasteiger partial charge in [0, 0.05) is 0 Å². The molecule has 3 nitrogen and oxygen atoms in total. The number of rotatable bonds is 14. The molecule has 0 amide bonds. The van der Waals surface area contributed by atoms with Gasteiger partial charge in [0.15, 0.2) is 0 Å². The van der Waals surface area contributed by atoms with E-state index in [4.69, 9.17) is 0 Å². The first-order valence-electron chi connectivity index (χ1n) is 8.49. The van der Waals surface area contributed by atoms with Gasteiger partial charge in [-0.2, -0.15) is 0 Å². The van der Waals surface area contributed by atoms with E-state index in [1.54, 1.807) is 0 Å². The number of halogens is 13. The van der Waals surface area contributed by atoms with Crippen LogP contribution >= 0.6 is 0 Å². The Morgan fingerprint density at radius 3 is 1.23 bits per heavy atom. The van der Waals surface area contributed by atoms with Crippen molar-refractivity contribution in [1.82, 2.24) is 0 Å². The zero-order chi connectivity index (χ0) is 25.1. The number of alkyl halides is 13. The van der Waals surface area contributed by atoms with Gasteiger partial charge in [-0.1, -0.05) is 0 Å². The molecule has 0 N–H and O–H groups in total. The van der Waals surface area contributed by atoms with Crippen LogP contribution in [0.25, 0.3) is 0 Å². The van der Waals surface area contributed by atoms with Crippen molar-refractivity contribution in [2.24, 2.45) is 0 Å². The summed E-state index contributed by atoms with van der Waals surface area (Å²) in [5, 5.41) is 0. The van der Waals surface area contributed by atoms with Gasteiger partial charge in [0.2, 0.25) is 0 Å². The minimum atomic E-state index is -7.54. The fourth-order valence-corrected chi connectivity index (χ4v) is 6.19. The van der Waals surface area contributed by atoms with E-state index in [9.17, 15) is 57.1 Å². The molecule has 0 aromatic rings. The molecule has 0 aliphatic rings. The second-order valence-corrected chi connectivity index (χ2v) is 9.87. The van der Waals surface area contributed by atoms with Gasteiger partial charge in [-0.15, -0.1) is 0 Å². The molecular weight excluding hydrogens is 511 g/mol. The van der Waals surface area contributed by atoms with Gasteiger partial charge in [0.05, 0.1) is 0 Å². The van der Waals surface area contributed by atoms with Crippen LogP contribution in [0.4, 0.5) is 57.1 Å². The Morgan fingerprint density at radius 1 is 0.613 bits per heavy atom. The summed E-state index contributed by atoms with van der Waals surface area (Å²) in [6, 6.07) is 0. The van der Waals surface area contributed by atoms with E-state index in [-0.39, 0.29) is 0 Å². The predicted molar refractivity (Wildman–Crippen MR) is 75.4 cm³/mol. The van der Waals surface area contributed by atoms with Gasteiger partial charge in [-0.05, 0) is 0 Å². The van der Waals surface area contributed by atoms with Crippen LogP contribution in [0.3, 0.4) is 0 Å². The summed E-state index contributed by atoms with van der Waals surface area (Å²) in [5.74, 6) is -28.8. The van der Waals surface area contributed by atoms with Crippen LogP contribution in [0.2, 0.25) is 0 Å². The molecule has 0 radical (unpaired) electrons. The fraction of sp³-hybridized carbons (Fsp3) is 1.00. The Bertz CT molecular complexity index is 547. The molecule has 0 aliphatic heterocycles. The van der Waals surface area contributed by atoms with Crippen LogP contribution in [0, 0.1) is 0 Å². The van der Waals surface area contributed by atoms with Gasteiger partial charge >= 0.3 is 172 Å². The molecule has 0 aromatic carbocycles. The van der Waals surface area contributed by atoms with Gasteiger partial charge in [0.25, 0.3) is 0 Å². The quantitative estimate of drug-likeness (QED) is 0.211. The number of hydrogen-bond acceptors (Lipinski definition) is 3. The monoisotopic (exact) mass is 530 g/mol. The van der Waals surface area contributed by atoms with Crippen LogP contribution in [0.1, 0.15) is 20.8 Å². The Hall–Kier alpha value is -0.316. The molecule has 31 heavy (non-hydrogen) atoms. The van der Waals surface area contributed by atoms with Gasteiger partial charge in [-0.25, -0.2) is 0 Å². The molecule has 0 spiro atoms. The van der Waals surface area contributed by atoms with E-state index >= 15 is 0 Å². The van der Waals surface area contributed by atoms with Crippen molar-refractivity contribution in [2.45, 2.75) is 67.7 Å². The zero-order valence-electron chi connectivity index (χ0n) is 16.1.